The van der Waals surface area contributed by atoms with Crippen molar-refractivity contribution in [2.45, 2.75) is 32.1 Å². The van der Waals surface area contributed by atoms with E-state index in [-0.39, 0.29) is 29.7 Å². The quantitative estimate of drug-likeness (QED) is 0.705. The number of carbonyl (C=O) groups excluding carboxylic acids is 2. The van der Waals surface area contributed by atoms with Crippen molar-refractivity contribution in [3.63, 3.8) is 0 Å². The lowest BCUT2D eigenvalue weighted by molar-refractivity contribution is -0.151. The minimum Gasteiger partial charge on any atom is -0.481 e. The van der Waals surface area contributed by atoms with Crippen molar-refractivity contribution >= 4 is 29.4 Å². The fourth-order valence-corrected chi connectivity index (χ4v) is 3.70. The number of thioether (sulfide) groups is 1. The minimum absolute atomic E-state index is 0.0114. The maximum absolute atomic E-state index is 11.9. The number of carboxylic acids is 1. The minimum atomic E-state index is -0.825. The highest BCUT2D eigenvalue weighted by Crippen LogP contribution is 2.36. The fraction of sp³-hybridized carbons (Fsp3) is 0.500. The summed E-state index contributed by atoms with van der Waals surface area (Å²) in [5.74, 6) is -0.653. The van der Waals surface area contributed by atoms with Crippen LogP contribution in [0.15, 0.2) is 30.3 Å². The highest BCUT2D eigenvalue weighted by atomic mass is 32.2. The van der Waals surface area contributed by atoms with Gasteiger partial charge >= 0.3 is 5.97 Å². The van der Waals surface area contributed by atoms with Gasteiger partial charge in [-0.15, -0.1) is 11.8 Å². The number of benzene rings is 1. The van der Waals surface area contributed by atoms with Crippen LogP contribution < -0.4 is 5.32 Å². The molecule has 24 heavy (non-hydrogen) atoms. The molecule has 0 aromatic heterocycles. The van der Waals surface area contributed by atoms with Crippen LogP contribution in [0.5, 0.6) is 0 Å². The standard InChI is InChI=1S/C18H23NO4S/c20-15(14-7-3-1-4-8-14)11-24-12-16(21)19-13-18(17(22)23)9-5-2-6-10-18/h1,3-4,7-8H,2,5-6,9-13H2,(H,19,21)(H,22,23). The molecular weight excluding hydrogens is 326 g/mol. The summed E-state index contributed by atoms with van der Waals surface area (Å²) >= 11 is 1.25. The molecule has 1 saturated carbocycles. The number of hydrogen-bond donors (Lipinski definition) is 2. The van der Waals surface area contributed by atoms with E-state index in [1.807, 2.05) is 6.07 Å². The van der Waals surface area contributed by atoms with Crippen molar-refractivity contribution in [2.75, 3.05) is 18.1 Å². The van der Waals surface area contributed by atoms with Gasteiger partial charge in [-0.3, -0.25) is 14.4 Å². The van der Waals surface area contributed by atoms with Gasteiger partial charge in [0, 0.05) is 12.1 Å². The molecule has 2 rings (SSSR count). The lowest BCUT2D eigenvalue weighted by Gasteiger charge is -2.33. The van der Waals surface area contributed by atoms with E-state index in [4.69, 9.17) is 0 Å². The molecule has 5 nitrogen and oxygen atoms in total. The summed E-state index contributed by atoms with van der Waals surface area (Å²) in [6.45, 7) is 0.175. The van der Waals surface area contributed by atoms with Crippen LogP contribution in [0.3, 0.4) is 0 Å². The van der Waals surface area contributed by atoms with Crippen LogP contribution >= 0.6 is 11.8 Å². The molecule has 2 N–H and O–H groups in total. The average Bonchev–Trinajstić information content (AvgIpc) is 2.61. The number of amides is 1. The first-order valence-corrected chi connectivity index (χ1v) is 9.35. The highest BCUT2D eigenvalue weighted by molar-refractivity contribution is 8.00. The van der Waals surface area contributed by atoms with E-state index in [9.17, 15) is 19.5 Å². The molecule has 1 amide bonds. The van der Waals surface area contributed by atoms with Crippen LogP contribution in [0.4, 0.5) is 0 Å². The molecule has 1 aliphatic carbocycles. The summed E-state index contributed by atoms with van der Waals surface area (Å²) in [5.41, 5.74) is -0.184. The normalized spacial score (nSPS) is 16.3. The maximum Gasteiger partial charge on any atom is 0.311 e. The number of Topliss-reactive ketones (excluding diaryl/α,β-unsaturated/α-hetero) is 1. The van der Waals surface area contributed by atoms with Crippen LogP contribution in [-0.2, 0) is 9.59 Å². The van der Waals surface area contributed by atoms with Crippen molar-refractivity contribution in [1.82, 2.24) is 5.32 Å². The number of carbonyl (C=O) groups is 3. The van der Waals surface area contributed by atoms with E-state index < -0.39 is 11.4 Å². The summed E-state index contributed by atoms with van der Waals surface area (Å²) in [6, 6.07) is 8.96. The molecule has 0 saturated heterocycles. The summed E-state index contributed by atoms with van der Waals surface area (Å²) in [7, 11) is 0. The largest absolute Gasteiger partial charge is 0.481 e. The van der Waals surface area contributed by atoms with Gasteiger partial charge < -0.3 is 10.4 Å². The van der Waals surface area contributed by atoms with Gasteiger partial charge in [0.25, 0.3) is 0 Å². The smallest absolute Gasteiger partial charge is 0.311 e. The van der Waals surface area contributed by atoms with Crippen molar-refractivity contribution in [3.05, 3.63) is 35.9 Å². The van der Waals surface area contributed by atoms with E-state index in [0.717, 1.165) is 19.3 Å². The fourth-order valence-electron chi connectivity index (χ4n) is 2.96. The van der Waals surface area contributed by atoms with E-state index in [2.05, 4.69) is 5.32 Å². The van der Waals surface area contributed by atoms with Gasteiger partial charge in [0.05, 0.1) is 16.9 Å². The second kappa shape index (κ2) is 8.87. The zero-order valence-electron chi connectivity index (χ0n) is 13.6. The molecule has 1 aromatic carbocycles. The summed E-state index contributed by atoms with van der Waals surface area (Å²) in [5, 5.41) is 12.2. The van der Waals surface area contributed by atoms with Crippen LogP contribution in [0, 0.1) is 5.41 Å². The molecule has 1 aliphatic rings. The Labute approximate surface area is 146 Å². The Kier molecular flexibility index (Phi) is 6.85. The van der Waals surface area contributed by atoms with Gasteiger partial charge in [0.1, 0.15) is 0 Å². The Morgan fingerprint density at radius 1 is 1.04 bits per heavy atom. The molecule has 1 aromatic rings. The van der Waals surface area contributed by atoms with Crippen molar-refractivity contribution < 1.29 is 19.5 Å². The van der Waals surface area contributed by atoms with Gasteiger partial charge in [-0.1, -0.05) is 49.6 Å². The van der Waals surface area contributed by atoms with E-state index in [1.165, 1.54) is 11.8 Å². The van der Waals surface area contributed by atoms with Gasteiger partial charge in [-0.25, -0.2) is 0 Å². The number of ketones is 1. The molecule has 6 heteroatoms. The van der Waals surface area contributed by atoms with Gasteiger partial charge in [0.2, 0.25) is 5.91 Å². The van der Waals surface area contributed by atoms with Gasteiger partial charge in [0.15, 0.2) is 5.78 Å². The van der Waals surface area contributed by atoms with Crippen LogP contribution in [0.2, 0.25) is 0 Å². The highest BCUT2D eigenvalue weighted by Gasteiger charge is 2.39. The van der Waals surface area contributed by atoms with E-state index in [0.29, 0.717) is 18.4 Å². The third-order valence-corrected chi connectivity index (χ3v) is 5.38. The lowest BCUT2D eigenvalue weighted by Crippen LogP contribution is -2.44. The van der Waals surface area contributed by atoms with Gasteiger partial charge in [-0.05, 0) is 12.8 Å². The first-order chi connectivity index (χ1) is 11.5. The Morgan fingerprint density at radius 3 is 2.33 bits per heavy atom. The molecule has 0 bridgehead atoms. The molecule has 0 radical (unpaired) electrons. The first kappa shape index (κ1) is 18.5. The monoisotopic (exact) mass is 349 g/mol. The molecular formula is C18H23NO4S. The zero-order valence-corrected chi connectivity index (χ0v) is 14.4. The van der Waals surface area contributed by atoms with Crippen LogP contribution in [0.25, 0.3) is 0 Å². The molecule has 0 spiro atoms. The molecule has 0 atom stereocenters. The van der Waals surface area contributed by atoms with Crippen LogP contribution in [0.1, 0.15) is 42.5 Å². The van der Waals surface area contributed by atoms with Gasteiger partial charge in [-0.2, -0.15) is 0 Å². The number of hydrogen-bond acceptors (Lipinski definition) is 4. The topological polar surface area (TPSA) is 83.5 Å². The SMILES string of the molecule is O=C(CSCC(=O)c1ccccc1)NCC1(C(=O)O)CCCCC1. The molecule has 0 heterocycles. The Morgan fingerprint density at radius 2 is 1.71 bits per heavy atom. The zero-order chi connectivity index (χ0) is 17.4. The van der Waals surface area contributed by atoms with E-state index in [1.54, 1.807) is 24.3 Å². The number of carboxylic acid groups (broad SMARTS) is 1. The second-order valence-electron chi connectivity index (χ2n) is 6.20. The summed E-state index contributed by atoms with van der Waals surface area (Å²) in [6.07, 6.45) is 4.07. The van der Waals surface area contributed by atoms with E-state index >= 15 is 0 Å². The Hall–Kier alpha value is -1.82. The maximum atomic E-state index is 11.9. The lowest BCUT2D eigenvalue weighted by atomic mass is 9.74. The number of rotatable bonds is 8. The number of aliphatic carboxylic acids is 1. The second-order valence-corrected chi connectivity index (χ2v) is 7.19. The summed E-state index contributed by atoms with van der Waals surface area (Å²) in [4.78, 5) is 35.4. The third kappa shape index (κ3) is 5.09. The predicted molar refractivity (Wildman–Crippen MR) is 94.3 cm³/mol. The molecule has 130 valence electrons. The average molecular weight is 349 g/mol. The summed E-state index contributed by atoms with van der Waals surface area (Å²) < 4.78 is 0. The Balaban J connectivity index is 1.73. The third-order valence-electron chi connectivity index (χ3n) is 4.45. The molecule has 0 unspecified atom stereocenters. The first-order valence-electron chi connectivity index (χ1n) is 8.20. The van der Waals surface area contributed by atoms with Crippen molar-refractivity contribution in [3.8, 4) is 0 Å². The van der Waals surface area contributed by atoms with Crippen LogP contribution in [-0.4, -0.2) is 40.8 Å². The molecule has 1 fully saturated rings. The number of nitrogens with one attached hydrogen (secondary N) is 1. The molecule has 0 aliphatic heterocycles. The predicted octanol–water partition coefficient (Wildman–Crippen LogP) is 2.75. The van der Waals surface area contributed by atoms with Crippen molar-refractivity contribution in [1.29, 1.82) is 0 Å². The Bertz CT molecular complexity index is 582. The van der Waals surface area contributed by atoms with Crippen molar-refractivity contribution in [2.24, 2.45) is 5.41 Å².